The lowest BCUT2D eigenvalue weighted by Gasteiger charge is -2.43. The molecule has 1 aromatic rings. The highest BCUT2D eigenvalue weighted by atomic mass is 35.5. The van der Waals surface area contributed by atoms with Gasteiger partial charge in [-0.05, 0) is 49.8 Å². The normalized spacial score (nSPS) is 26.6. The van der Waals surface area contributed by atoms with Crippen molar-refractivity contribution in [3.63, 3.8) is 0 Å². The quantitative estimate of drug-likeness (QED) is 0.834. The van der Waals surface area contributed by atoms with Crippen molar-refractivity contribution in [3.05, 3.63) is 29.3 Å². The lowest BCUT2D eigenvalue weighted by molar-refractivity contribution is 0.0414. The van der Waals surface area contributed by atoms with E-state index < -0.39 is 0 Å². The topological polar surface area (TPSA) is 21.3 Å². The molecule has 1 saturated carbocycles. The van der Waals surface area contributed by atoms with E-state index in [1.165, 1.54) is 19.3 Å². The lowest BCUT2D eigenvalue weighted by atomic mass is 9.68. The molecule has 0 bridgehead atoms. The van der Waals surface area contributed by atoms with E-state index in [-0.39, 0.29) is 6.10 Å². The predicted octanol–water partition coefficient (Wildman–Crippen LogP) is 4.91. The smallest absolute Gasteiger partial charge is 0.138 e. The van der Waals surface area contributed by atoms with E-state index in [1.807, 2.05) is 31.3 Å². The van der Waals surface area contributed by atoms with Crippen molar-refractivity contribution in [2.24, 2.45) is 11.3 Å². The maximum absolute atomic E-state index is 6.27. The Morgan fingerprint density at radius 3 is 2.62 bits per heavy atom. The Balaban J connectivity index is 2.12. The van der Waals surface area contributed by atoms with E-state index in [0.29, 0.717) is 22.4 Å². The van der Waals surface area contributed by atoms with Crippen molar-refractivity contribution in [3.8, 4) is 5.75 Å². The van der Waals surface area contributed by atoms with Gasteiger partial charge < -0.3 is 10.1 Å². The van der Waals surface area contributed by atoms with Crippen LogP contribution in [0.15, 0.2) is 24.3 Å². The van der Waals surface area contributed by atoms with Gasteiger partial charge in [0.25, 0.3) is 0 Å². The van der Waals surface area contributed by atoms with Crippen LogP contribution < -0.4 is 10.1 Å². The first-order valence-corrected chi connectivity index (χ1v) is 8.44. The molecule has 1 aliphatic carbocycles. The Bertz CT molecular complexity index is 460. The highest BCUT2D eigenvalue weighted by Gasteiger charge is 2.38. The number of nitrogens with one attached hydrogen (secondary N) is 1. The first-order chi connectivity index (χ1) is 9.97. The van der Waals surface area contributed by atoms with Crippen LogP contribution in [0.3, 0.4) is 0 Å². The summed E-state index contributed by atoms with van der Waals surface area (Å²) in [5.41, 5.74) is 0.376. The van der Waals surface area contributed by atoms with Crippen LogP contribution in [0.25, 0.3) is 0 Å². The molecule has 0 heterocycles. The molecular weight excluding hydrogens is 282 g/mol. The summed E-state index contributed by atoms with van der Waals surface area (Å²) >= 11 is 6.24. The Hall–Kier alpha value is -0.730. The van der Waals surface area contributed by atoms with Gasteiger partial charge in [0.2, 0.25) is 0 Å². The zero-order valence-electron chi connectivity index (χ0n) is 13.7. The van der Waals surface area contributed by atoms with Crippen LogP contribution in [-0.4, -0.2) is 19.2 Å². The number of ether oxygens (including phenoxy) is 1. The molecule has 3 heteroatoms. The third-order valence-corrected chi connectivity index (χ3v) is 5.61. The molecule has 3 atom stereocenters. The average molecular weight is 310 g/mol. The Morgan fingerprint density at radius 2 is 2.00 bits per heavy atom. The van der Waals surface area contributed by atoms with E-state index in [1.54, 1.807) is 0 Å². The molecule has 0 amide bonds. The van der Waals surface area contributed by atoms with E-state index in [9.17, 15) is 0 Å². The van der Waals surface area contributed by atoms with Gasteiger partial charge in [-0.1, -0.05) is 50.9 Å². The van der Waals surface area contributed by atoms with Crippen molar-refractivity contribution in [1.82, 2.24) is 5.32 Å². The van der Waals surface area contributed by atoms with Gasteiger partial charge in [-0.15, -0.1) is 0 Å². The number of likely N-dealkylation sites (N-methyl/N-ethyl adjacent to an activating group) is 1. The fourth-order valence-corrected chi connectivity index (χ4v) is 3.47. The second-order valence-corrected chi connectivity index (χ2v) is 7.24. The van der Waals surface area contributed by atoms with Gasteiger partial charge in [-0.3, -0.25) is 0 Å². The molecule has 2 nitrogen and oxygen atoms in total. The summed E-state index contributed by atoms with van der Waals surface area (Å²) in [6.45, 7) is 7.04. The molecule has 0 aliphatic heterocycles. The van der Waals surface area contributed by atoms with E-state index >= 15 is 0 Å². The van der Waals surface area contributed by atoms with Crippen molar-refractivity contribution < 1.29 is 4.74 Å². The Kier molecular flexibility index (Phi) is 5.56. The van der Waals surface area contributed by atoms with Crippen molar-refractivity contribution >= 4 is 11.6 Å². The van der Waals surface area contributed by atoms with Crippen LogP contribution in [-0.2, 0) is 0 Å². The molecule has 3 unspecified atom stereocenters. The highest BCUT2D eigenvalue weighted by Crippen LogP contribution is 2.41. The van der Waals surface area contributed by atoms with E-state index in [2.05, 4.69) is 26.1 Å². The Labute approximate surface area is 134 Å². The molecule has 1 aliphatic rings. The molecule has 0 aromatic heterocycles. The van der Waals surface area contributed by atoms with Crippen molar-refractivity contribution in [2.45, 2.75) is 58.6 Å². The van der Waals surface area contributed by atoms with Crippen LogP contribution in [0.1, 0.15) is 46.5 Å². The van der Waals surface area contributed by atoms with Gasteiger partial charge in [0.15, 0.2) is 0 Å². The molecule has 1 aromatic carbocycles. The fourth-order valence-electron chi connectivity index (χ4n) is 3.29. The standard InChI is InChI=1S/C18H28ClNO/c1-5-18(2,3)13-10-11-15(20-4)17(12-13)21-16-9-7-6-8-14(16)19/h6-9,13,15,17,20H,5,10-12H2,1-4H3. The van der Waals surface area contributed by atoms with Gasteiger partial charge >= 0.3 is 0 Å². The van der Waals surface area contributed by atoms with Gasteiger partial charge in [-0.2, -0.15) is 0 Å². The molecular formula is C18H28ClNO. The largest absolute Gasteiger partial charge is 0.487 e. The second kappa shape index (κ2) is 7.02. The average Bonchev–Trinajstić information content (AvgIpc) is 2.49. The maximum atomic E-state index is 6.27. The maximum Gasteiger partial charge on any atom is 0.138 e. The lowest BCUT2D eigenvalue weighted by Crippen LogP contribution is -2.48. The number of benzene rings is 1. The highest BCUT2D eigenvalue weighted by molar-refractivity contribution is 6.32. The van der Waals surface area contributed by atoms with Crippen LogP contribution in [0.4, 0.5) is 0 Å². The van der Waals surface area contributed by atoms with Crippen LogP contribution >= 0.6 is 11.6 Å². The summed E-state index contributed by atoms with van der Waals surface area (Å²) in [4.78, 5) is 0. The van der Waals surface area contributed by atoms with Gasteiger partial charge in [-0.25, -0.2) is 0 Å². The summed E-state index contributed by atoms with van der Waals surface area (Å²) in [5, 5.41) is 4.11. The molecule has 2 rings (SSSR count). The molecule has 1 N–H and O–H groups in total. The number of halogens is 1. The van der Waals surface area contributed by atoms with Gasteiger partial charge in [0, 0.05) is 6.04 Å². The fraction of sp³-hybridized carbons (Fsp3) is 0.667. The van der Waals surface area contributed by atoms with Crippen LogP contribution in [0.5, 0.6) is 5.75 Å². The first-order valence-electron chi connectivity index (χ1n) is 8.06. The summed E-state index contributed by atoms with van der Waals surface area (Å²) in [6, 6.07) is 8.18. The molecule has 0 spiro atoms. The molecule has 118 valence electrons. The van der Waals surface area contributed by atoms with Gasteiger partial charge in [0.1, 0.15) is 11.9 Å². The van der Waals surface area contributed by atoms with Crippen LogP contribution in [0.2, 0.25) is 5.02 Å². The molecule has 21 heavy (non-hydrogen) atoms. The zero-order valence-corrected chi connectivity index (χ0v) is 14.4. The van der Waals surface area contributed by atoms with Gasteiger partial charge in [0.05, 0.1) is 5.02 Å². The zero-order chi connectivity index (χ0) is 15.5. The third-order valence-electron chi connectivity index (χ3n) is 5.29. The number of para-hydroxylation sites is 1. The summed E-state index contributed by atoms with van der Waals surface area (Å²) in [6.07, 6.45) is 4.94. The molecule has 0 radical (unpaired) electrons. The first kappa shape index (κ1) is 16.6. The molecule has 1 fully saturated rings. The minimum Gasteiger partial charge on any atom is -0.487 e. The monoisotopic (exact) mass is 309 g/mol. The minimum atomic E-state index is 0.194. The summed E-state index contributed by atoms with van der Waals surface area (Å²) < 4.78 is 6.27. The number of hydrogen-bond acceptors (Lipinski definition) is 2. The van der Waals surface area contributed by atoms with Crippen LogP contribution in [0, 0.1) is 11.3 Å². The molecule has 0 saturated heterocycles. The van der Waals surface area contributed by atoms with Crippen molar-refractivity contribution in [2.75, 3.05) is 7.05 Å². The summed E-state index contributed by atoms with van der Waals surface area (Å²) in [5.74, 6) is 1.51. The van der Waals surface area contributed by atoms with Crippen molar-refractivity contribution in [1.29, 1.82) is 0 Å². The third kappa shape index (κ3) is 3.92. The second-order valence-electron chi connectivity index (χ2n) is 6.83. The van der Waals surface area contributed by atoms with E-state index in [0.717, 1.165) is 12.2 Å². The van der Waals surface area contributed by atoms with E-state index in [4.69, 9.17) is 16.3 Å². The minimum absolute atomic E-state index is 0.194. The SMILES string of the molecule is CCC(C)(C)C1CCC(NC)C(Oc2ccccc2Cl)C1. The number of rotatable bonds is 5. The predicted molar refractivity (Wildman–Crippen MR) is 90.1 cm³/mol. The number of hydrogen-bond donors (Lipinski definition) is 1. The summed E-state index contributed by atoms with van der Waals surface area (Å²) in [7, 11) is 2.03. The Morgan fingerprint density at radius 1 is 1.29 bits per heavy atom.